The number of rotatable bonds is 2. The fourth-order valence-electron chi connectivity index (χ4n) is 1.42. The van der Waals surface area contributed by atoms with Crippen LogP contribution in [0.5, 0.6) is 0 Å². The molecule has 5 heteroatoms. The van der Waals surface area contributed by atoms with Crippen molar-refractivity contribution < 1.29 is 13.2 Å². The molecule has 1 aromatic carbocycles. The summed E-state index contributed by atoms with van der Waals surface area (Å²) in [4.78, 5) is 0. The summed E-state index contributed by atoms with van der Waals surface area (Å²) in [6, 6.07) is 4.53. The predicted molar refractivity (Wildman–Crippen MR) is 55.7 cm³/mol. The standard InChI is InChI=1S/C11H9F3N2/c1-6-2-3-7(4-8(6)12)9-5-10(11(13)14)16-15-9/h2-4,11H,5H2,1H3. The predicted octanol–water partition coefficient (Wildman–Crippen LogP) is 2.95. The maximum Gasteiger partial charge on any atom is 0.278 e. The first kappa shape index (κ1) is 10.9. The van der Waals surface area contributed by atoms with Gasteiger partial charge >= 0.3 is 0 Å². The number of hydrogen-bond donors (Lipinski definition) is 0. The summed E-state index contributed by atoms with van der Waals surface area (Å²) in [5.74, 6) is -0.370. The van der Waals surface area contributed by atoms with Crippen LogP contribution < -0.4 is 0 Å². The van der Waals surface area contributed by atoms with Crippen LogP contribution in [-0.2, 0) is 0 Å². The highest BCUT2D eigenvalue weighted by molar-refractivity contribution is 6.15. The molecule has 0 amide bonds. The lowest BCUT2D eigenvalue weighted by Crippen LogP contribution is -2.11. The molecular weight excluding hydrogens is 217 g/mol. The van der Waals surface area contributed by atoms with E-state index >= 15 is 0 Å². The van der Waals surface area contributed by atoms with Crippen molar-refractivity contribution in [2.45, 2.75) is 19.8 Å². The third-order valence-corrected chi connectivity index (χ3v) is 2.40. The molecule has 2 rings (SSSR count). The summed E-state index contributed by atoms with van der Waals surface area (Å²) < 4.78 is 37.8. The summed E-state index contributed by atoms with van der Waals surface area (Å²) in [7, 11) is 0. The van der Waals surface area contributed by atoms with Crippen LogP contribution in [0.3, 0.4) is 0 Å². The van der Waals surface area contributed by atoms with Crippen molar-refractivity contribution in [1.29, 1.82) is 0 Å². The summed E-state index contributed by atoms with van der Waals surface area (Å²) in [6.45, 7) is 1.64. The molecule has 0 fully saturated rings. The first-order valence-electron chi connectivity index (χ1n) is 4.76. The Morgan fingerprint density at radius 2 is 2.00 bits per heavy atom. The van der Waals surface area contributed by atoms with E-state index in [1.54, 1.807) is 19.1 Å². The van der Waals surface area contributed by atoms with Crippen LogP contribution in [-0.4, -0.2) is 17.8 Å². The van der Waals surface area contributed by atoms with Gasteiger partial charge in [-0.25, -0.2) is 13.2 Å². The van der Waals surface area contributed by atoms with E-state index in [0.717, 1.165) is 0 Å². The van der Waals surface area contributed by atoms with Gasteiger partial charge in [-0.3, -0.25) is 0 Å². The highest BCUT2D eigenvalue weighted by atomic mass is 19.3. The van der Waals surface area contributed by atoms with E-state index in [0.29, 0.717) is 16.8 Å². The lowest BCUT2D eigenvalue weighted by molar-refractivity contribution is 0.224. The van der Waals surface area contributed by atoms with Gasteiger partial charge in [-0.1, -0.05) is 12.1 Å². The molecule has 0 radical (unpaired) electrons. The van der Waals surface area contributed by atoms with Gasteiger partial charge in [0.1, 0.15) is 11.5 Å². The minimum atomic E-state index is -2.60. The second-order valence-corrected chi connectivity index (χ2v) is 3.58. The SMILES string of the molecule is Cc1ccc(C2=NN=C(C(F)F)C2)cc1F. The molecule has 0 atom stereocenters. The lowest BCUT2D eigenvalue weighted by Gasteiger charge is -2.02. The van der Waals surface area contributed by atoms with Crippen molar-refractivity contribution in [3.05, 3.63) is 35.1 Å². The zero-order valence-corrected chi connectivity index (χ0v) is 8.54. The molecule has 0 unspecified atom stereocenters. The van der Waals surface area contributed by atoms with Crippen molar-refractivity contribution in [3.8, 4) is 0 Å². The Bertz CT molecular complexity index is 478. The third kappa shape index (κ3) is 1.98. The Labute approximate surface area is 90.5 Å². The molecule has 0 saturated carbocycles. The van der Waals surface area contributed by atoms with E-state index in [4.69, 9.17) is 0 Å². The number of hydrogen-bond acceptors (Lipinski definition) is 2. The minimum Gasteiger partial charge on any atom is -0.207 e. The lowest BCUT2D eigenvalue weighted by atomic mass is 10.0. The molecule has 0 N–H and O–H groups in total. The summed E-state index contributed by atoms with van der Waals surface area (Å²) in [6.07, 6.45) is -2.61. The van der Waals surface area contributed by atoms with Gasteiger partial charge in [0, 0.05) is 12.0 Å². The van der Waals surface area contributed by atoms with Gasteiger partial charge in [0.2, 0.25) is 0 Å². The summed E-state index contributed by atoms with van der Waals surface area (Å²) >= 11 is 0. The fourth-order valence-corrected chi connectivity index (χ4v) is 1.42. The van der Waals surface area contributed by atoms with Crippen molar-refractivity contribution in [3.63, 3.8) is 0 Å². The van der Waals surface area contributed by atoms with Crippen LogP contribution in [0.2, 0.25) is 0 Å². The molecule has 0 bridgehead atoms. The number of alkyl halides is 2. The number of benzene rings is 1. The summed E-state index contributed by atoms with van der Waals surface area (Å²) in [5.41, 5.74) is 1.13. The van der Waals surface area contributed by atoms with E-state index in [9.17, 15) is 13.2 Å². The van der Waals surface area contributed by atoms with Crippen LogP contribution in [0.1, 0.15) is 17.5 Å². The molecule has 16 heavy (non-hydrogen) atoms. The van der Waals surface area contributed by atoms with E-state index in [2.05, 4.69) is 10.2 Å². The van der Waals surface area contributed by atoms with Gasteiger partial charge in [-0.05, 0) is 18.6 Å². The molecule has 1 heterocycles. The quantitative estimate of drug-likeness (QED) is 0.740. The molecule has 84 valence electrons. The van der Waals surface area contributed by atoms with Gasteiger partial charge in [-0.15, -0.1) is 0 Å². The topological polar surface area (TPSA) is 24.7 Å². The maximum absolute atomic E-state index is 13.2. The smallest absolute Gasteiger partial charge is 0.207 e. The van der Waals surface area contributed by atoms with Crippen molar-refractivity contribution in [2.75, 3.05) is 0 Å². The average molecular weight is 226 g/mol. The molecule has 1 aliphatic heterocycles. The Morgan fingerprint density at radius 3 is 2.56 bits per heavy atom. The van der Waals surface area contributed by atoms with Gasteiger partial charge in [-0.2, -0.15) is 10.2 Å². The van der Waals surface area contributed by atoms with Crippen molar-refractivity contribution in [2.24, 2.45) is 10.2 Å². The molecular formula is C11H9F3N2. The van der Waals surface area contributed by atoms with Crippen LogP contribution in [0, 0.1) is 12.7 Å². The van der Waals surface area contributed by atoms with Crippen molar-refractivity contribution >= 4 is 11.4 Å². The van der Waals surface area contributed by atoms with E-state index in [-0.39, 0.29) is 17.9 Å². The second kappa shape index (κ2) is 4.08. The van der Waals surface area contributed by atoms with Crippen LogP contribution in [0.15, 0.2) is 28.4 Å². The Kier molecular flexibility index (Phi) is 2.77. The molecule has 0 saturated heterocycles. The highest BCUT2D eigenvalue weighted by Crippen LogP contribution is 2.17. The fraction of sp³-hybridized carbons (Fsp3) is 0.273. The van der Waals surface area contributed by atoms with Gasteiger partial charge in [0.25, 0.3) is 6.43 Å². The zero-order valence-electron chi connectivity index (χ0n) is 8.54. The first-order valence-corrected chi connectivity index (χ1v) is 4.76. The molecule has 0 aliphatic carbocycles. The molecule has 0 aromatic heterocycles. The monoisotopic (exact) mass is 226 g/mol. The van der Waals surface area contributed by atoms with Crippen molar-refractivity contribution in [1.82, 2.24) is 0 Å². The minimum absolute atomic E-state index is 0.0137. The normalized spacial score (nSPS) is 15.3. The van der Waals surface area contributed by atoms with Gasteiger partial charge in [0.15, 0.2) is 0 Å². The Morgan fingerprint density at radius 1 is 1.25 bits per heavy atom. The van der Waals surface area contributed by atoms with Gasteiger partial charge < -0.3 is 0 Å². The third-order valence-electron chi connectivity index (χ3n) is 2.40. The largest absolute Gasteiger partial charge is 0.278 e. The second-order valence-electron chi connectivity index (χ2n) is 3.58. The van der Waals surface area contributed by atoms with Crippen LogP contribution >= 0.6 is 0 Å². The van der Waals surface area contributed by atoms with E-state index < -0.39 is 6.43 Å². The molecule has 0 spiro atoms. The zero-order chi connectivity index (χ0) is 11.7. The Balaban J connectivity index is 2.20. The molecule has 2 nitrogen and oxygen atoms in total. The molecule has 1 aliphatic rings. The number of halogens is 3. The van der Waals surface area contributed by atoms with Crippen LogP contribution in [0.25, 0.3) is 0 Å². The first-order chi connectivity index (χ1) is 7.58. The van der Waals surface area contributed by atoms with E-state index in [1.165, 1.54) is 6.07 Å². The van der Waals surface area contributed by atoms with Gasteiger partial charge in [0.05, 0.1) is 5.71 Å². The summed E-state index contributed by atoms with van der Waals surface area (Å²) in [5, 5.41) is 7.01. The Hall–Kier alpha value is -1.65. The average Bonchev–Trinajstić information content (AvgIpc) is 2.71. The highest BCUT2D eigenvalue weighted by Gasteiger charge is 2.21. The van der Waals surface area contributed by atoms with Crippen LogP contribution in [0.4, 0.5) is 13.2 Å². The number of nitrogens with zero attached hydrogens (tertiary/aromatic N) is 2. The molecule has 1 aromatic rings. The number of aryl methyl sites for hydroxylation is 1. The van der Waals surface area contributed by atoms with E-state index in [1.807, 2.05) is 0 Å². The maximum atomic E-state index is 13.2.